The Balaban J connectivity index is 1.31. The van der Waals surface area contributed by atoms with Gasteiger partial charge in [-0.2, -0.15) is 0 Å². The first-order valence-electron chi connectivity index (χ1n) is 13.6. The van der Waals surface area contributed by atoms with E-state index in [1.54, 1.807) is 22.9 Å². The Kier molecular flexibility index (Phi) is 7.29. The van der Waals surface area contributed by atoms with E-state index in [-0.39, 0.29) is 36.6 Å². The maximum atomic E-state index is 14.2. The molecule has 0 radical (unpaired) electrons. The molecule has 3 aromatic rings. The second kappa shape index (κ2) is 10.5. The molecular formula is C30H36FN5O3. The van der Waals surface area contributed by atoms with Crippen molar-refractivity contribution in [2.45, 2.75) is 77.1 Å². The first kappa shape index (κ1) is 27.0. The van der Waals surface area contributed by atoms with Crippen molar-refractivity contribution < 1.29 is 19.1 Å². The minimum absolute atomic E-state index is 0.0827. The summed E-state index contributed by atoms with van der Waals surface area (Å²) < 4.78 is 15.8. The molecule has 1 aromatic heterocycles. The van der Waals surface area contributed by atoms with E-state index >= 15 is 0 Å². The highest BCUT2D eigenvalue weighted by Gasteiger charge is 2.45. The quantitative estimate of drug-likeness (QED) is 0.469. The number of benzene rings is 2. The zero-order valence-electron chi connectivity index (χ0n) is 22.8. The zero-order chi connectivity index (χ0) is 27.9. The lowest BCUT2D eigenvalue weighted by molar-refractivity contribution is -0.144. The van der Waals surface area contributed by atoms with Gasteiger partial charge in [-0.15, -0.1) is 5.10 Å². The van der Waals surface area contributed by atoms with Gasteiger partial charge in [0.2, 0.25) is 11.8 Å². The van der Waals surface area contributed by atoms with E-state index in [0.29, 0.717) is 11.5 Å². The lowest BCUT2D eigenvalue weighted by Crippen LogP contribution is -2.50. The summed E-state index contributed by atoms with van der Waals surface area (Å²) >= 11 is 0. The standard InChI is InChI=1S/C30H36FN5O3/c1-18(19-9-11-20(12-10-19)23-7-5-6-8-24(23)31)32-28(38)26-15-22(37)16-35(26)29(39)27(30(2,3)4)36-17-25(33-34-36)21-13-14-21/h5-12,17-18,21-22,26-27,37H,13-16H2,1-4H3,(H,32,38). The summed E-state index contributed by atoms with van der Waals surface area (Å²) in [4.78, 5) is 28.8. The first-order valence-corrected chi connectivity index (χ1v) is 13.6. The molecule has 5 rings (SSSR count). The molecule has 4 unspecified atom stereocenters. The van der Waals surface area contributed by atoms with Crippen molar-refractivity contribution in [2.75, 3.05) is 6.54 Å². The molecule has 2 fully saturated rings. The highest BCUT2D eigenvalue weighted by molar-refractivity contribution is 5.90. The van der Waals surface area contributed by atoms with Crippen LogP contribution >= 0.6 is 0 Å². The molecule has 1 aliphatic carbocycles. The molecule has 2 amide bonds. The van der Waals surface area contributed by atoms with Gasteiger partial charge in [0.15, 0.2) is 0 Å². The predicted octanol–water partition coefficient (Wildman–Crippen LogP) is 4.39. The maximum Gasteiger partial charge on any atom is 0.248 e. The van der Waals surface area contributed by atoms with Gasteiger partial charge in [-0.1, -0.05) is 68.4 Å². The molecule has 2 N–H and O–H groups in total. The first-order chi connectivity index (χ1) is 18.5. The van der Waals surface area contributed by atoms with Gasteiger partial charge in [-0.25, -0.2) is 9.07 Å². The van der Waals surface area contributed by atoms with Gasteiger partial charge < -0.3 is 15.3 Å². The van der Waals surface area contributed by atoms with Gasteiger partial charge >= 0.3 is 0 Å². The number of amides is 2. The summed E-state index contributed by atoms with van der Waals surface area (Å²) in [6, 6.07) is 12.1. The van der Waals surface area contributed by atoms with Gasteiger partial charge in [-0.3, -0.25) is 9.59 Å². The molecule has 0 bridgehead atoms. The van der Waals surface area contributed by atoms with Crippen molar-refractivity contribution in [2.24, 2.45) is 5.41 Å². The van der Waals surface area contributed by atoms with Crippen LogP contribution in [0.25, 0.3) is 11.1 Å². The number of likely N-dealkylation sites (tertiary alicyclic amines) is 1. The number of hydrogen-bond donors (Lipinski definition) is 2. The molecule has 2 aliphatic rings. The number of carbonyl (C=O) groups excluding carboxylic acids is 2. The Morgan fingerprint density at radius 1 is 1.10 bits per heavy atom. The van der Waals surface area contributed by atoms with Crippen LogP contribution < -0.4 is 5.32 Å². The second-order valence-electron chi connectivity index (χ2n) is 11.9. The van der Waals surface area contributed by atoms with Crippen molar-refractivity contribution >= 4 is 11.8 Å². The zero-order valence-corrected chi connectivity index (χ0v) is 22.8. The van der Waals surface area contributed by atoms with Gasteiger partial charge in [0.1, 0.15) is 17.9 Å². The highest BCUT2D eigenvalue weighted by atomic mass is 19.1. The van der Waals surface area contributed by atoms with Crippen LogP contribution in [0.3, 0.4) is 0 Å². The Morgan fingerprint density at radius 2 is 1.79 bits per heavy atom. The average molecular weight is 534 g/mol. The molecule has 2 heterocycles. The van der Waals surface area contributed by atoms with E-state index in [2.05, 4.69) is 15.6 Å². The fourth-order valence-corrected chi connectivity index (χ4v) is 5.37. The molecule has 39 heavy (non-hydrogen) atoms. The Bertz CT molecular complexity index is 1350. The third-order valence-corrected chi connectivity index (χ3v) is 7.66. The minimum Gasteiger partial charge on any atom is -0.391 e. The summed E-state index contributed by atoms with van der Waals surface area (Å²) in [7, 11) is 0. The van der Waals surface area contributed by atoms with Crippen molar-refractivity contribution in [3.63, 3.8) is 0 Å². The van der Waals surface area contributed by atoms with E-state index < -0.39 is 23.6 Å². The molecule has 206 valence electrons. The molecule has 1 aliphatic heterocycles. The van der Waals surface area contributed by atoms with Crippen LogP contribution in [0.2, 0.25) is 0 Å². The molecule has 9 heteroatoms. The van der Waals surface area contributed by atoms with E-state index in [1.165, 1.54) is 11.0 Å². The molecular weight excluding hydrogens is 497 g/mol. The number of aromatic nitrogens is 3. The fourth-order valence-electron chi connectivity index (χ4n) is 5.37. The Hall–Kier alpha value is -3.59. The number of nitrogens with one attached hydrogen (secondary N) is 1. The number of rotatable bonds is 7. The molecule has 8 nitrogen and oxygen atoms in total. The van der Waals surface area contributed by atoms with Crippen LogP contribution in [0.15, 0.2) is 54.7 Å². The van der Waals surface area contributed by atoms with Crippen molar-refractivity contribution in [3.05, 3.63) is 71.8 Å². The summed E-state index contributed by atoms with van der Waals surface area (Å²) in [6.07, 6.45) is 3.38. The molecule has 2 aromatic carbocycles. The van der Waals surface area contributed by atoms with Crippen LogP contribution in [0.1, 0.15) is 76.2 Å². The topological polar surface area (TPSA) is 100 Å². The number of halogens is 1. The third-order valence-electron chi connectivity index (χ3n) is 7.66. The number of aliphatic hydroxyl groups is 1. The lowest BCUT2D eigenvalue weighted by atomic mass is 9.85. The van der Waals surface area contributed by atoms with E-state index in [9.17, 15) is 19.1 Å². The van der Waals surface area contributed by atoms with Crippen molar-refractivity contribution in [1.29, 1.82) is 0 Å². The predicted molar refractivity (Wildman–Crippen MR) is 145 cm³/mol. The van der Waals surface area contributed by atoms with E-state index in [0.717, 1.165) is 29.7 Å². The molecule has 1 saturated heterocycles. The number of aliphatic hydroxyl groups excluding tert-OH is 1. The van der Waals surface area contributed by atoms with Crippen LogP contribution in [-0.2, 0) is 9.59 Å². The molecule has 1 saturated carbocycles. The Labute approximate surface area is 228 Å². The van der Waals surface area contributed by atoms with Gasteiger partial charge in [-0.05, 0) is 42.4 Å². The van der Waals surface area contributed by atoms with Crippen LogP contribution in [0.5, 0.6) is 0 Å². The van der Waals surface area contributed by atoms with Gasteiger partial charge in [0.25, 0.3) is 0 Å². The molecule has 4 atom stereocenters. The lowest BCUT2D eigenvalue weighted by Gasteiger charge is -2.34. The Morgan fingerprint density at radius 3 is 2.44 bits per heavy atom. The third kappa shape index (κ3) is 5.73. The van der Waals surface area contributed by atoms with Crippen LogP contribution in [0.4, 0.5) is 4.39 Å². The normalized spacial score (nSPS) is 21.0. The van der Waals surface area contributed by atoms with Crippen LogP contribution in [0, 0.1) is 11.2 Å². The molecule has 0 spiro atoms. The average Bonchev–Trinajstić information content (AvgIpc) is 3.50. The number of hydrogen-bond acceptors (Lipinski definition) is 5. The summed E-state index contributed by atoms with van der Waals surface area (Å²) in [5.41, 5.74) is 2.51. The van der Waals surface area contributed by atoms with Crippen LogP contribution in [-0.4, -0.2) is 55.5 Å². The van der Waals surface area contributed by atoms with Crippen molar-refractivity contribution in [3.8, 4) is 11.1 Å². The van der Waals surface area contributed by atoms with E-state index in [1.807, 2.05) is 58.2 Å². The monoisotopic (exact) mass is 533 g/mol. The fraction of sp³-hybridized carbons (Fsp3) is 0.467. The van der Waals surface area contributed by atoms with Gasteiger partial charge in [0.05, 0.1) is 17.8 Å². The van der Waals surface area contributed by atoms with Gasteiger partial charge in [0, 0.05) is 30.6 Å². The summed E-state index contributed by atoms with van der Waals surface area (Å²) in [5, 5.41) is 22.1. The second-order valence-corrected chi connectivity index (χ2v) is 11.9. The summed E-state index contributed by atoms with van der Waals surface area (Å²) in [5.74, 6) is -0.466. The highest BCUT2D eigenvalue weighted by Crippen LogP contribution is 2.40. The van der Waals surface area contributed by atoms with E-state index in [4.69, 9.17) is 0 Å². The SMILES string of the molecule is CC(NC(=O)C1CC(O)CN1C(=O)C(n1cc(C2CC2)nn1)C(C)(C)C)c1ccc(-c2ccccc2F)cc1. The van der Waals surface area contributed by atoms with Crippen molar-refractivity contribution in [1.82, 2.24) is 25.2 Å². The smallest absolute Gasteiger partial charge is 0.248 e. The minimum atomic E-state index is -0.802. The number of carbonyl (C=O) groups is 2. The number of nitrogens with zero attached hydrogens (tertiary/aromatic N) is 4. The maximum absolute atomic E-state index is 14.2. The summed E-state index contributed by atoms with van der Waals surface area (Å²) in [6.45, 7) is 7.83. The largest absolute Gasteiger partial charge is 0.391 e. The number of β-amino-alcohol motifs (C(OH)–C–C–N with tert-alkyl or cyclic N) is 1.